The van der Waals surface area contributed by atoms with Gasteiger partial charge in [0.05, 0.1) is 6.61 Å². The van der Waals surface area contributed by atoms with Gasteiger partial charge in [0.25, 0.3) is 0 Å². The van der Waals surface area contributed by atoms with Crippen molar-refractivity contribution in [1.82, 2.24) is 0 Å². The molecular weight excluding hydrogens is 184 g/mol. The molecule has 1 aliphatic rings. The fourth-order valence-corrected chi connectivity index (χ4v) is 0.829. The molecule has 72 valence electrons. The molecule has 0 spiro atoms. The first kappa shape index (κ1) is 9.46. The fraction of sp³-hybridized carbons (Fsp3) is 0.500. The standard InChI is InChI=1S/C6H6O7/c7-1-2-3(4(8)9)13-6(11)5(10)12-2/h2-3,7H,1H2,(H,8,9)/t2-,3+/m0/s1. The third-order valence-electron chi connectivity index (χ3n) is 1.42. The van der Waals surface area contributed by atoms with Gasteiger partial charge in [-0.25, -0.2) is 14.4 Å². The highest BCUT2D eigenvalue weighted by Gasteiger charge is 2.42. The van der Waals surface area contributed by atoms with Crippen molar-refractivity contribution in [3.8, 4) is 0 Å². The van der Waals surface area contributed by atoms with Crippen molar-refractivity contribution in [2.24, 2.45) is 0 Å². The zero-order chi connectivity index (χ0) is 10.0. The fourth-order valence-electron chi connectivity index (χ4n) is 0.829. The first-order valence-corrected chi connectivity index (χ1v) is 3.31. The number of ether oxygens (including phenoxy) is 2. The number of aliphatic hydroxyl groups excluding tert-OH is 1. The summed E-state index contributed by atoms with van der Waals surface area (Å²) in [5, 5.41) is 17.0. The molecule has 0 saturated carbocycles. The van der Waals surface area contributed by atoms with E-state index in [2.05, 4.69) is 9.47 Å². The molecule has 0 aromatic rings. The Morgan fingerprint density at radius 2 is 1.85 bits per heavy atom. The maximum Gasteiger partial charge on any atom is 0.418 e. The van der Waals surface area contributed by atoms with Crippen LogP contribution in [-0.4, -0.2) is 46.9 Å². The number of carbonyl (C=O) groups excluding carboxylic acids is 2. The Labute approximate surface area is 71.9 Å². The number of aliphatic hydroxyl groups is 1. The first-order chi connectivity index (χ1) is 6.06. The highest BCUT2D eigenvalue weighted by molar-refractivity contribution is 6.30. The number of carboxylic acid groups (broad SMARTS) is 1. The summed E-state index contributed by atoms with van der Waals surface area (Å²) < 4.78 is 8.47. The SMILES string of the molecule is O=C1O[C@@H](CO)[C@H](C(=O)O)OC1=O. The number of aliphatic carboxylic acids is 1. The van der Waals surface area contributed by atoms with Gasteiger partial charge in [-0.1, -0.05) is 0 Å². The minimum Gasteiger partial charge on any atom is -0.478 e. The summed E-state index contributed by atoms with van der Waals surface area (Å²) in [6.07, 6.45) is -2.96. The lowest BCUT2D eigenvalue weighted by molar-refractivity contribution is -0.203. The zero-order valence-electron chi connectivity index (χ0n) is 6.30. The molecule has 1 heterocycles. The van der Waals surface area contributed by atoms with Gasteiger partial charge in [-0.2, -0.15) is 0 Å². The van der Waals surface area contributed by atoms with E-state index >= 15 is 0 Å². The Balaban J connectivity index is 2.77. The van der Waals surface area contributed by atoms with Crippen molar-refractivity contribution in [1.29, 1.82) is 0 Å². The second-order valence-corrected chi connectivity index (χ2v) is 2.29. The van der Waals surface area contributed by atoms with Gasteiger partial charge in [0.1, 0.15) is 0 Å². The van der Waals surface area contributed by atoms with Crippen molar-refractivity contribution < 1.29 is 34.1 Å². The van der Waals surface area contributed by atoms with Gasteiger partial charge in [-0.15, -0.1) is 0 Å². The third kappa shape index (κ3) is 1.75. The molecule has 0 radical (unpaired) electrons. The summed E-state index contributed by atoms with van der Waals surface area (Å²) in [6, 6.07) is 0. The molecule has 1 saturated heterocycles. The van der Waals surface area contributed by atoms with Crippen LogP contribution >= 0.6 is 0 Å². The lowest BCUT2D eigenvalue weighted by atomic mass is 10.2. The predicted molar refractivity (Wildman–Crippen MR) is 34.5 cm³/mol. The van der Waals surface area contributed by atoms with E-state index in [1.54, 1.807) is 0 Å². The molecule has 2 N–H and O–H groups in total. The molecule has 0 aliphatic carbocycles. The van der Waals surface area contributed by atoms with Gasteiger partial charge in [-0.3, -0.25) is 0 Å². The van der Waals surface area contributed by atoms with Crippen LogP contribution < -0.4 is 0 Å². The monoisotopic (exact) mass is 190 g/mol. The molecule has 0 amide bonds. The third-order valence-corrected chi connectivity index (χ3v) is 1.42. The summed E-state index contributed by atoms with van der Waals surface area (Å²) in [5.41, 5.74) is 0. The number of hydrogen-bond acceptors (Lipinski definition) is 6. The smallest absolute Gasteiger partial charge is 0.418 e. The summed E-state index contributed by atoms with van der Waals surface area (Å²) in [7, 11) is 0. The van der Waals surface area contributed by atoms with E-state index in [0.29, 0.717) is 0 Å². The van der Waals surface area contributed by atoms with E-state index in [1.165, 1.54) is 0 Å². The molecule has 0 aromatic carbocycles. The van der Waals surface area contributed by atoms with Crippen molar-refractivity contribution in [3.05, 3.63) is 0 Å². The van der Waals surface area contributed by atoms with Gasteiger partial charge >= 0.3 is 17.9 Å². The van der Waals surface area contributed by atoms with E-state index in [1.807, 2.05) is 0 Å². The van der Waals surface area contributed by atoms with Gasteiger partial charge in [0.15, 0.2) is 6.10 Å². The van der Waals surface area contributed by atoms with Crippen molar-refractivity contribution in [3.63, 3.8) is 0 Å². The molecule has 0 bridgehead atoms. The highest BCUT2D eigenvalue weighted by Crippen LogP contribution is 2.11. The van der Waals surface area contributed by atoms with E-state index in [9.17, 15) is 14.4 Å². The van der Waals surface area contributed by atoms with Gasteiger partial charge < -0.3 is 19.7 Å². The first-order valence-electron chi connectivity index (χ1n) is 3.31. The second kappa shape index (κ2) is 3.40. The van der Waals surface area contributed by atoms with Crippen LogP contribution in [0.1, 0.15) is 0 Å². The highest BCUT2D eigenvalue weighted by atomic mass is 16.7. The number of carboxylic acids is 1. The van der Waals surface area contributed by atoms with Gasteiger partial charge in [0.2, 0.25) is 6.10 Å². The van der Waals surface area contributed by atoms with Crippen LogP contribution in [0.5, 0.6) is 0 Å². The average molecular weight is 190 g/mol. The number of rotatable bonds is 2. The van der Waals surface area contributed by atoms with Gasteiger partial charge in [-0.05, 0) is 0 Å². The van der Waals surface area contributed by atoms with Crippen LogP contribution in [0.25, 0.3) is 0 Å². The Morgan fingerprint density at radius 1 is 1.31 bits per heavy atom. The molecule has 0 unspecified atom stereocenters. The van der Waals surface area contributed by atoms with Crippen molar-refractivity contribution in [2.45, 2.75) is 12.2 Å². The summed E-state index contributed by atoms with van der Waals surface area (Å²) in [5.74, 6) is -4.13. The van der Waals surface area contributed by atoms with E-state index in [0.717, 1.165) is 0 Å². The maximum atomic E-state index is 10.5. The largest absolute Gasteiger partial charge is 0.478 e. The number of esters is 2. The Hall–Kier alpha value is -1.63. The normalized spacial score (nSPS) is 27.8. The summed E-state index contributed by atoms with van der Waals surface area (Å²) in [4.78, 5) is 31.5. The van der Waals surface area contributed by atoms with Crippen LogP contribution in [-0.2, 0) is 23.9 Å². The molecule has 0 aromatic heterocycles. The molecule has 2 atom stereocenters. The van der Waals surface area contributed by atoms with E-state index in [-0.39, 0.29) is 0 Å². The predicted octanol–water partition coefficient (Wildman–Crippen LogP) is -2.10. The average Bonchev–Trinajstić information content (AvgIpc) is 2.08. The zero-order valence-corrected chi connectivity index (χ0v) is 6.30. The van der Waals surface area contributed by atoms with Crippen LogP contribution in [0, 0.1) is 0 Å². The lowest BCUT2D eigenvalue weighted by Gasteiger charge is -2.25. The van der Waals surface area contributed by atoms with Crippen LogP contribution in [0.2, 0.25) is 0 Å². The van der Waals surface area contributed by atoms with Crippen LogP contribution in [0.3, 0.4) is 0 Å². The summed E-state index contributed by atoms with van der Waals surface area (Å²) in [6.45, 7) is -0.712. The molecule has 1 fully saturated rings. The second-order valence-electron chi connectivity index (χ2n) is 2.29. The van der Waals surface area contributed by atoms with Gasteiger partial charge in [0, 0.05) is 0 Å². The Kier molecular flexibility index (Phi) is 2.47. The Morgan fingerprint density at radius 3 is 2.31 bits per heavy atom. The number of carbonyl (C=O) groups is 3. The molecule has 13 heavy (non-hydrogen) atoms. The molecular formula is C6H6O7. The maximum absolute atomic E-state index is 10.5. The van der Waals surface area contributed by atoms with Crippen molar-refractivity contribution in [2.75, 3.05) is 6.61 Å². The topological polar surface area (TPSA) is 110 Å². The Bertz CT molecular complexity index is 258. The van der Waals surface area contributed by atoms with E-state index in [4.69, 9.17) is 10.2 Å². The number of hydrogen-bond donors (Lipinski definition) is 2. The quantitative estimate of drug-likeness (QED) is 0.379. The minimum atomic E-state index is -1.63. The molecule has 1 aliphatic heterocycles. The molecule has 7 nitrogen and oxygen atoms in total. The van der Waals surface area contributed by atoms with E-state index < -0.39 is 36.7 Å². The lowest BCUT2D eigenvalue weighted by Crippen LogP contribution is -2.50. The molecule has 7 heteroatoms. The number of cyclic esters (lactones) is 2. The van der Waals surface area contributed by atoms with Crippen molar-refractivity contribution >= 4 is 17.9 Å². The van der Waals surface area contributed by atoms with Crippen LogP contribution in [0.4, 0.5) is 0 Å². The molecule has 1 rings (SSSR count). The van der Waals surface area contributed by atoms with Crippen LogP contribution in [0.15, 0.2) is 0 Å². The minimum absolute atomic E-state index is 0.712. The summed E-state index contributed by atoms with van der Waals surface area (Å²) >= 11 is 0.